The third-order valence-corrected chi connectivity index (χ3v) is 3.78. The van der Waals surface area contributed by atoms with Crippen molar-refractivity contribution in [3.8, 4) is 0 Å². The van der Waals surface area contributed by atoms with E-state index in [4.69, 9.17) is 4.74 Å². The van der Waals surface area contributed by atoms with Gasteiger partial charge in [-0.3, -0.25) is 9.59 Å². The molecule has 0 radical (unpaired) electrons. The average Bonchev–Trinajstić information content (AvgIpc) is 2.64. The summed E-state index contributed by atoms with van der Waals surface area (Å²) < 4.78 is 18.5. The Kier molecular flexibility index (Phi) is 7.05. The Morgan fingerprint density at radius 3 is 2.33 bits per heavy atom. The van der Waals surface area contributed by atoms with Crippen LogP contribution in [0.15, 0.2) is 48.5 Å². The summed E-state index contributed by atoms with van der Waals surface area (Å²) in [5, 5.41) is 2.48. The summed E-state index contributed by atoms with van der Waals surface area (Å²) >= 11 is 0. The molecule has 6 nitrogen and oxygen atoms in total. The quantitative estimate of drug-likeness (QED) is 0.756. The van der Waals surface area contributed by atoms with Gasteiger partial charge in [-0.05, 0) is 43.3 Å². The van der Waals surface area contributed by atoms with Crippen molar-refractivity contribution in [2.24, 2.45) is 0 Å². The third-order valence-electron chi connectivity index (χ3n) is 3.78. The van der Waals surface area contributed by atoms with E-state index in [-0.39, 0.29) is 31.2 Å². The van der Waals surface area contributed by atoms with E-state index < -0.39 is 17.7 Å². The van der Waals surface area contributed by atoms with Gasteiger partial charge in [-0.1, -0.05) is 12.1 Å². The molecular weight excluding hydrogens is 351 g/mol. The maximum Gasteiger partial charge on any atom is 0.338 e. The summed E-state index contributed by atoms with van der Waals surface area (Å²) in [6.07, 6.45) is -0.00641. The Labute approximate surface area is 156 Å². The number of hydrogen-bond acceptors (Lipinski definition) is 4. The lowest BCUT2D eigenvalue weighted by Crippen LogP contribution is -2.32. The van der Waals surface area contributed by atoms with Gasteiger partial charge in [-0.25, -0.2) is 9.18 Å². The number of halogens is 1. The molecule has 0 saturated heterocycles. The monoisotopic (exact) mass is 372 g/mol. The Balaban J connectivity index is 2.01. The van der Waals surface area contributed by atoms with Crippen LogP contribution in [-0.2, 0) is 14.3 Å². The lowest BCUT2D eigenvalue weighted by molar-refractivity contribution is -0.117. The number of carbonyl (C=O) groups is 3. The van der Waals surface area contributed by atoms with E-state index in [0.717, 1.165) is 0 Å². The van der Waals surface area contributed by atoms with E-state index in [1.165, 1.54) is 30.0 Å². The van der Waals surface area contributed by atoms with Gasteiger partial charge in [0.25, 0.3) is 0 Å². The van der Waals surface area contributed by atoms with Gasteiger partial charge in [-0.2, -0.15) is 0 Å². The predicted molar refractivity (Wildman–Crippen MR) is 100 cm³/mol. The van der Waals surface area contributed by atoms with Crippen molar-refractivity contribution in [3.05, 3.63) is 59.9 Å². The molecule has 0 aliphatic rings. The maximum absolute atomic E-state index is 13.6. The van der Waals surface area contributed by atoms with Crippen molar-refractivity contribution in [2.45, 2.75) is 20.3 Å². The highest BCUT2D eigenvalue weighted by Gasteiger charge is 2.15. The van der Waals surface area contributed by atoms with Gasteiger partial charge >= 0.3 is 5.97 Å². The summed E-state index contributed by atoms with van der Waals surface area (Å²) in [7, 11) is 0. The van der Waals surface area contributed by atoms with Crippen molar-refractivity contribution < 1.29 is 23.5 Å². The second kappa shape index (κ2) is 9.47. The lowest BCUT2D eigenvalue weighted by atomic mass is 10.2. The summed E-state index contributed by atoms with van der Waals surface area (Å²) in [5.74, 6) is -1.63. The molecule has 142 valence electrons. The van der Waals surface area contributed by atoms with Crippen LogP contribution in [0.3, 0.4) is 0 Å². The van der Waals surface area contributed by atoms with Crippen LogP contribution in [0.2, 0.25) is 0 Å². The summed E-state index contributed by atoms with van der Waals surface area (Å²) in [4.78, 5) is 37.1. The second-order valence-electron chi connectivity index (χ2n) is 5.72. The Bertz CT molecular complexity index is 821. The molecule has 0 unspecified atom stereocenters. The zero-order valence-corrected chi connectivity index (χ0v) is 15.2. The molecule has 27 heavy (non-hydrogen) atoms. The number of amides is 2. The van der Waals surface area contributed by atoms with E-state index in [1.807, 2.05) is 0 Å². The number of hydrogen-bond donors (Lipinski definition) is 1. The summed E-state index contributed by atoms with van der Waals surface area (Å²) in [5.41, 5.74) is 1.02. The minimum atomic E-state index is -0.524. The molecule has 0 spiro atoms. The molecule has 0 heterocycles. The number of benzene rings is 2. The van der Waals surface area contributed by atoms with Gasteiger partial charge in [0.15, 0.2) is 0 Å². The fourth-order valence-electron chi connectivity index (χ4n) is 2.45. The van der Waals surface area contributed by atoms with Crippen molar-refractivity contribution in [2.75, 3.05) is 23.4 Å². The minimum absolute atomic E-state index is 0.00641. The van der Waals surface area contributed by atoms with Gasteiger partial charge < -0.3 is 15.0 Å². The topological polar surface area (TPSA) is 75.7 Å². The third kappa shape index (κ3) is 5.64. The number of esters is 1. The highest BCUT2D eigenvalue weighted by Crippen LogP contribution is 2.18. The van der Waals surface area contributed by atoms with Crippen LogP contribution >= 0.6 is 0 Å². The number of para-hydroxylation sites is 1. The Morgan fingerprint density at radius 2 is 1.74 bits per heavy atom. The zero-order chi connectivity index (χ0) is 19.8. The minimum Gasteiger partial charge on any atom is -0.462 e. The summed E-state index contributed by atoms with van der Waals surface area (Å²) in [6.45, 7) is 3.50. The van der Waals surface area contributed by atoms with E-state index in [1.54, 1.807) is 37.3 Å². The van der Waals surface area contributed by atoms with Crippen molar-refractivity contribution in [3.63, 3.8) is 0 Å². The largest absolute Gasteiger partial charge is 0.462 e. The van der Waals surface area contributed by atoms with Crippen molar-refractivity contribution in [1.29, 1.82) is 0 Å². The fourth-order valence-corrected chi connectivity index (χ4v) is 2.45. The molecule has 0 aliphatic carbocycles. The van der Waals surface area contributed by atoms with E-state index >= 15 is 0 Å². The van der Waals surface area contributed by atoms with Crippen molar-refractivity contribution >= 4 is 29.2 Å². The maximum atomic E-state index is 13.6. The first kappa shape index (κ1) is 20.1. The van der Waals surface area contributed by atoms with E-state index in [9.17, 15) is 18.8 Å². The highest BCUT2D eigenvalue weighted by atomic mass is 19.1. The van der Waals surface area contributed by atoms with Crippen LogP contribution in [0.25, 0.3) is 0 Å². The number of anilines is 2. The van der Waals surface area contributed by atoms with Crippen LogP contribution in [-0.4, -0.2) is 30.9 Å². The second-order valence-corrected chi connectivity index (χ2v) is 5.72. The Hall–Kier alpha value is -3.22. The molecule has 2 aromatic rings. The van der Waals surface area contributed by atoms with Gasteiger partial charge in [0, 0.05) is 25.6 Å². The van der Waals surface area contributed by atoms with Gasteiger partial charge in [0.05, 0.1) is 17.9 Å². The molecule has 7 heteroatoms. The lowest BCUT2D eigenvalue weighted by Gasteiger charge is -2.21. The zero-order valence-electron chi connectivity index (χ0n) is 15.2. The highest BCUT2D eigenvalue weighted by molar-refractivity contribution is 5.95. The molecule has 0 aromatic heterocycles. The first-order chi connectivity index (χ1) is 12.9. The van der Waals surface area contributed by atoms with Crippen LogP contribution in [0.4, 0.5) is 15.8 Å². The SMILES string of the molecule is CCOC(=O)c1ccc(N(CCC(=O)Nc2ccccc2F)C(C)=O)cc1. The molecule has 0 atom stereocenters. The molecule has 1 N–H and O–H groups in total. The summed E-state index contributed by atoms with van der Waals surface area (Å²) in [6, 6.07) is 12.2. The van der Waals surface area contributed by atoms with Crippen LogP contribution < -0.4 is 10.2 Å². The first-order valence-electron chi connectivity index (χ1n) is 8.52. The molecule has 2 rings (SSSR count). The molecule has 2 amide bonds. The first-order valence-corrected chi connectivity index (χ1v) is 8.52. The number of rotatable bonds is 7. The normalized spacial score (nSPS) is 10.2. The fraction of sp³-hybridized carbons (Fsp3) is 0.250. The van der Waals surface area contributed by atoms with Crippen LogP contribution in [0.1, 0.15) is 30.6 Å². The molecule has 0 aliphatic heterocycles. The number of nitrogens with one attached hydrogen (secondary N) is 1. The standard InChI is InChI=1S/C20H21FN2O4/c1-3-27-20(26)15-8-10-16(11-9-15)23(14(2)24)13-12-19(25)22-18-7-5-4-6-17(18)21/h4-11H,3,12-13H2,1-2H3,(H,22,25). The van der Waals surface area contributed by atoms with Gasteiger partial charge in [0.2, 0.25) is 11.8 Å². The molecule has 0 fully saturated rings. The molecule has 0 bridgehead atoms. The van der Waals surface area contributed by atoms with Crippen LogP contribution in [0.5, 0.6) is 0 Å². The Morgan fingerprint density at radius 1 is 1.07 bits per heavy atom. The van der Waals surface area contributed by atoms with Crippen LogP contribution in [0, 0.1) is 5.82 Å². The predicted octanol–water partition coefficient (Wildman–Crippen LogP) is 3.38. The molecule has 2 aromatic carbocycles. The van der Waals surface area contributed by atoms with Gasteiger partial charge in [-0.15, -0.1) is 0 Å². The molecular formula is C20H21FN2O4. The number of ether oxygens (including phenoxy) is 1. The van der Waals surface area contributed by atoms with Crippen molar-refractivity contribution in [1.82, 2.24) is 0 Å². The number of nitrogens with zero attached hydrogens (tertiary/aromatic N) is 1. The van der Waals surface area contributed by atoms with Gasteiger partial charge in [0.1, 0.15) is 5.82 Å². The smallest absolute Gasteiger partial charge is 0.338 e. The number of carbonyl (C=O) groups excluding carboxylic acids is 3. The molecule has 0 saturated carbocycles. The van der Waals surface area contributed by atoms with E-state index in [2.05, 4.69) is 5.32 Å². The average molecular weight is 372 g/mol. The van der Waals surface area contributed by atoms with E-state index in [0.29, 0.717) is 11.3 Å².